The lowest BCUT2D eigenvalue weighted by atomic mass is 10.4. The fraction of sp³-hybridized carbons (Fsp3) is 0.571. The van der Waals surface area contributed by atoms with Crippen LogP contribution in [0.4, 0.5) is 0 Å². The zero-order valence-electron chi connectivity index (χ0n) is 5.51. The van der Waals surface area contributed by atoms with Crippen LogP contribution in [0, 0.1) is 0 Å². The van der Waals surface area contributed by atoms with Gasteiger partial charge in [-0.15, -0.1) is 0 Å². The summed E-state index contributed by atoms with van der Waals surface area (Å²) in [5.74, 6) is 1.56. The molecule has 1 heterocycles. The van der Waals surface area contributed by atoms with Gasteiger partial charge in [0.05, 0.1) is 5.69 Å². The van der Waals surface area contributed by atoms with Gasteiger partial charge < -0.3 is 4.42 Å². The van der Waals surface area contributed by atoms with Crippen molar-refractivity contribution in [3.05, 3.63) is 17.8 Å². The lowest BCUT2D eigenvalue weighted by Gasteiger charge is -1.82. The van der Waals surface area contributed by atoms with Crippen LogP contribution in [0.25, 0.3) is 0 Å². The highest BCUT2D eigenvalue weighted by Gasteiger charge is 2.28. The van der Waals surface area contributed by atoms with Crippen molar-refractivity contribution in [3.8, 4) is 0 Å². The Morgan fingerprint density at radius 1 is 1.70 bits per heavy atom. The number of rotatable bonds is 2. The Hall–Kier alpha value is -0.310. The van der Waals surface area contributed by atoms with E-state index >= 15 is 0 Å². The normalized spacial score (nSPS) is 17.7. The summed E-state index contributed by atoms with van der Waals surface area (Å²) in [6, 6.07) is 0. The molecule has 0 aromatic carbocycles. The van der Waals surface area contributed by atoms with E-state index in [-0.39, 0.29) is 0 Å². The first-order chi connectivity index (χ1) is 4.90. The van der Waals surface area contributed by atoms with E-state index in [2.05, 4.69) is 20.9 Å². The molecule has 0 aliphatic heterocycles. The number of hydrogen-bond acceptors (Lipinski definition) is 2. The molecule has 1 fully saturated rings. The number of oxazole rings is 1. The number of hydrogen-bond donors (Lipinski definition) is 0. The molecule has 0 radical (unpaired) electrons. The standard InChI is InChI=1S/C7H8BrNO/c8-3-6-4-10-7(9-6)5-1-2-5/h4-5H,1-3H2. The van der Waals surface area contributed by atoms with Gasteiger partial charge in [-0.1, -0.05) is 15.9 Å². The second-order valence-electron chi connectivity index (χ2n) is 2.58. The highest BCUT2D eigenvalue weighted by molar-refractivity contribution is 9.08. The van der Waals surface area contributed by atoms with Gasteiger partial charge in [-0.3, -0.25) is 0 Å². The molecule has 1 aromatic heterocycles. The SMILES string of the molecule is BrCc1coc(C2CC2)n1. The van der Waals surface area contributed by atoms with Gasteiger partial charge >= 0.3 is 0 Å². The molecule has 10 heavy (non-hydrogen) atoms. The Morgan fingerprint density at radius 3 is 3.00 bits per heavy atom. The Bertz CT molecular complexity index is 229. The van der Waals surface area contributed by atoms with Gasteiger partial charge in [-0.05, 0) is 12.8 Å². The molecule has 54 valence electrons. The van der Waals surface area contributed by atoms with Crippen LogP contribution < -0.4 is 0 Å². The number of aromatic nitrogens is 1. The highest BCUT2D eigenvalue weighted by Crippen LogP contribution is 2.39. The van der Waals surface area contributed by atoms with E-state index in [1.807, 2.05) is 0 Å². The summed E-state index contributed by atoms with van der Waals surface area (Å²) >= 11 is 3.32. The van der Waals surface area contributed by atoms with E-state index < -0.39 is 0 Å². The summed E-state index contributed by atoms with van der Waals surface area (Å²) in [4.78, 5) is 4.28. The van der Waals surface area contributed by atoms with Crippen LogP contribution in [0.15, 0.2) is 10.7 Å². The second-order valence-corrected chi connectivity index (χ2v) is 3.15. The molecular weight excluding hydrogens is 194 g/mol. The van der Waals surface area contributed by atoms with Crippen molar-refractivity contribution >= 4 is 15.9 Å². The molecule has 1 aliphatic rings. The molecule has 0 N–H and O–H groups in total. The monoisotopic (exact) mass is 201 g/mol. The van der Waals surface area contributed by atoms with E-state index in [4.69, 9.17) is 4.42 Å². The summed E-state index contributed by atoms with van der Waals surface area (Å²) in [6.07, 6.45) is 4.23. The maximum atomic E-state index is 5.24. The zero-order chi connectivity index (χ0) is 6.97. The first-order valence-electron chi connectivity index (χ1n) is 3.40. The maximum Gasteiger partial charge on any atom is 0.197 e. The number of halogens is 1. The molecule has 0 atom stereocenters. The van der Waals surface area contributed by atoms with E-state index in [0.29, 0.717) is 5.92 Å². The molecular formula is C7H8BrNO. The van der Waals surface area contributed by atoms with Crippen LogP contribution in [-0.2, 0) is 5.33 Å². The minimum atomic E-state index is 0.632. The molecule has 0 spiro atoms. The van der Waals surface area contributed by atoms with Crippen molar-refractivity contribution < 1.29 is 4.42 Å². The molecule has 1 aromatic rings. The lowest BCUT2D eigenvalue weighted by molar-refractivity contribution is 0.497. The third kappa shape index (κ3) is 1.10. The fourth-order valence-electron chi connectivity index (χ4n) is 0.902. The van der Waals surface area contributed by atoms with Crippen LogP contribution in [0.5, 0.6) is 0 Å². The summed E-state index contributed by atoms with van der Waals surface area (Å²) in [7, 11) is 0. The third-order valence-corrected chi connectivity index (χ3v) is 2.21. The van der Waals surface area contributed by atoms with Gasteiger partial charge in [-0.25, -0.2) is 4.98 Å². The molecule has 0 bridgehead atoms. The van der Waals surface area contributed by atoms with E-state index in [9.17, 15) is 0 Å². The van der Waals surface area contributed by atoms with Gasteiger partial charge in [0.25, 0.3) is 0 Å². The first kappa shape index (κ1) is 6.40. The van der Waals surface area contributed by atoms with Crippen molar-refractivity contribution in [1.29, 1.82) is 0 Å². The number of nitrogens with zero attached hydrogens (tertiary/aromatic N) is 1. The topological polar surface area (TPSA) is 26.0 Å². The van der Waals surface area contributed by atoms with Crippen molar-refractivity contribution in [3.63, 3.8) is 0 Å². The summed E-state index contributed by atoms with van der Waals surface area (Å²) in [6.45, 7) is 0. The van der Waals surface area contributed by atoms with E-state index in [1.165, 1.54) is 12.8 Å². The van der Waals surface area contributed by atoms with Gasteiger partial charge in [0.2, 0.25) is 0 Å². The first-order valence-corrected chi connectivity index (χ1v) is 4.52. The molecule has 2 nitrogen and oxygen atoms in total. The quantitative estimate of drug-likeness (QED) is 0.688. The molecule has 1 saturated carbocycles. The van der Waals surface area contributed by atoms with Gasteiger partial charge in [0.1, 0.15) is 6.26 Å². The lowest BCUT2D eigenvalue weighted by Crippen LogP contribution is -1.79. The van der Waals surface area contributed by atoms with E-state index in [0.717, 1.165) is 16.9 Å². The Morgan fingerprint density at radius 2 is 2.50 bits per heavy atom. The largest absolute Gasteiger partial charge is 0.448 e. The van der Waals surface area contributed by atoms with Gasteiger partial charge in [0.15, 0.2) is 5.89 Å². The minimum Gasteiger partial charge on any atom is -0.448 e. The van der Waals surface area contributed by atoms with Crippen LogP contribution >= 0.6 is 15.9 Å². The zero-order valence-corrected chi connectivity index (χ0v) is 7.10. The van der Waals surface area contributed by atoms with Gasteiger partial charge in [0, 0.05) is 11.2 Å². The van der Waals surface area contributed by atoms with Crippen molar-refractivity contribution in [2.24, 2.45) is 0 Å². The Kier molecular flexibility index (Phi) is 1.52. The van der Waals surface area contributed by atoms with Crippen molar-refractivity contribution in [2.75, 3.05) is 0 Å². The molecule has 0 saturated heterocycles. The summed E-state index contributed by atoms with van der Waals surface area (Å²) in [5, 5.41) is 0.795. The average Bonchev–Trinajstić information content (AvgIpc) is 2.70. The summed E-state index contributed by atoms with van der Waals surface area (Å²) < 4.78 is 5.24. The molecule has 0 amide bonds. The maximum absolute atomic E-state index is 5.24. The van der Waals surface area contributed by atoms with Crippen LogP contribution in [-0.4, -0.2) is 4.98 Å². The van der Waals surface area contributed by atoms with E-state index in [1.54, 1.807) is 6.26 Å². The summed E-state index contributed by atoms with van der Waals surface area (Å²) in [5.41, 5.74) is 1.00. The van der Waals surface area contributed by atoms with Gasteiger partial charge in [-0.2, -0.15) is 0 Å². The van der Waals surface area contributed by atoms with Crippen LogP contribution in [0.3, 0.4) is 0 Å². The highest BCUT2D eigenvalue weighted by atomic mass is 79.9. The molecule has 3 heteroatoms. The predicted octanol–water partition coefficient (Wildman–Crippen LogP) is 2.45. The minimum absolute atomic E-state index is 0.632. The average molecular weight is 202 g/mol. The fourth-order valence-corrected chi connectivity index (χ4v) is 1.16. The predicted molar refractivity (Wildman–Crippen MR) is 41.1 cm³/mol. The third-order valence-electron chi connectivity index (χ3n) is 1.63. The van der Waals surface area contributed by atoms with Crippen molar-refractivity contribution in [1.82, 2.24) is 4.98 Å². The molecule has 2 rings (SSSR count). The molecule has 0 unspecified atom stereocenters. The van der Waals surface area contributed by atoms with Crippen molar-refractivity contribution in [2.45, 2.75) is 24.1 Å². The van der Waals surface area contributed by atoms with Crippen LogP contribution in [0.1, 0.15) is 30.3 Å². The Balaban J connectivity index is 2.19. The number of alkyl halides is 1. The van der Waals surface area contributed by atoms with Crippen LogP contribution in [0.2, 0.25) is 0 Å². The smallest absolute Gasteiger partial charge is 0.197 e. The Labute approximate surface area is 67.8 Å². The second kappa shape index (κ2) is 2.38. The molecule has 1 aliphatic carbocycles.